The molecule has 0 aliphatic carbocycles. The molecule has 0 aromatic heterocycles. The number of nitrogens with one attached hydrogen (secondary N) is 2. The van der Waals surface area contributed by atoms with Crippen molar-refractivity contribution in [1.29, 1.82) is 0 Å². The van der Waals surface area contributed by atoms with Gasteiger partial charge in [0.2, 0.25) is 5.91 Å². The van der Waals surface area contributed by atoms with Crippen molar-refractivity contribution in [3.8, 4) is 0 Å². The van der Waals surface area contributed by atoms with Gasteiger partial charge in [0.1, 0.15) is 0 Å². The zero-order valence-electron chi connectivity index (χ0n) is 14.4. The Hall–Kier alpha value is -1.54. The first-order chi connectivity index (χ1) is 11.8. The highest BCUT2D eigenvalue weighted by molar-refractivity contribution is 8.15. The monoisotopic (exact) mass is 381 g/mol. The summed E-state index contributed by atoms with van der Waals surface area (Å²) in [6.07, 6.45) is 1.28. The maximum absolute atomic E-state index is 11.9. The molecule has 0 unspecified atom stereocenters. The Labute approximate surface area is 152 Å². The summed E-state index contributed by atoms with van der Waals surface area (Å²) in [6, 6.07) is 7.74. The number of nitrogens with zero attached hydrogens (tertiary/aromatic N) is 1. The van der Waals surface area contributed by atoms with Crippen LogP contribution >= 0.6 is 11.8 Å². The molecule has 1 saturated heterocycles. The van der Waals surface area contributed by atoms with Gasteiger partial charge in [-0.3, -0.25) is 9.79 Å². The SMILES string of the molecule is CC[C@H](C)NC(=O)Cc1ccc(NC2=N[C@H]3CS(=O)(=O)C[C@H]3S2)cc1. The number of hydrogen-bond acceptors (Lipinski definition) is 6. The number of amides is 1. The van der Waals surface area contributed by atoms with E-state index in [2.05, 4.69) is 15.6 Å². The molecule has 2 aliphatic rings. The number of aliphatic imine (C=N–C) groups is 1. The van der Waals surface area contributed by atoms with Crippen LogP contribution in [-0.4, -0.2) is 48.3 Å². The zero-order valence-corrected chi connectivity index (χ0v) is 16.0. The highest BCUT2D eigenvalue weighted by atomic mass is 32.2. The Balaban J connectivity index is 1.54. The van der Waals surface area contributed by atoms with E-state index in [0.29, 0.717) is 6.42 Å². The normalized spacial score (nSPS) is 25.1. The molecule has 25 heavy (non-hydrogen) atoms. The highest BCUT2D eigenvalue weighted by Gasteiger charge is 2.42. The highest BCUT2D eigenvalue weighted by Crippen LogP contribution is 2.34. The van der Waals surface area contributed by atoms with E-state index < -0.39 is 9.84 Å². The summed E-state index contributed by atoms with van der Waals surface area (Å²) in [5, 5.41) is 7.00. The minimum absolute atomic E-state index is 0.0276. The van der Waals surface area contributed by atoms with E-state index in [1.165, 1.54) is 11.8 Å². The molecule has 3 atom stereocenters. The molecule has 2 aliphatic heterocycles. The van der Waals surface area contributed by atoms with Crippen LogP contribution in [0.3, 0.4) is 0 Å². The van der Waals surface area contributed by atoms with E-state index in [-0.39, 0.29) is 34.7 Å². The summed E-state index contributed by atoms with van der Waals surface area (Å²) in [4.78, 5) is 16.4. The standard InChI is InChI=1S/C17H23N3O3S2/c1-3-11(2)18-16(21)8-12-4-6-13(7-5-12)19-17-20-14-9-25(22,23)10-15(14)24-17/h4-7,11,14-15H,3,8-10H2,1-2H3,(H,18,21)(H,19,20)/t11-,14-,15+/m0/s1. The number of amidine groups is 1. The Morgan fingerprint density at radius 3 is 2.68 bits per heavy atom. The zero-order chi connectivity index (χ0) is 18.0. The lowest BCUT2D eigenvalue weighted by molar-refractivity contribution is -0.121. The van der Waals surface area contributed by atoms with Gasteiger partial charge < -0.3 is 10.6 Å². The molecular weight excluding hydrogens is 358 g/mol. The number of thioether (sulfide) groups is 1. The third-order valence-corrected chi connectivity index (χ3v) is 7.55. The van der Waals surface area contributed by atoms with E-state index >= 15 is 0 Å². The van der Waals surface area contributed by atoms with Crippen molar-refractivity contribution in [2.45, 2.75) is 44.0 Å². The van der Waals surface area contributed by atoms with Gasteiger partial charge in [-0.2, -0.15) is 0 Å². The number of anilines is 1. The van der Waals surface area contributed by atoms with Gasteiger partial charge in [0.25, 0.3) is 0 Å². The fraction of sp³-hybridized carbons (Fsp3) is 0.529. The molecule has 0 saturated carbocycles. The molecule has 8 heteroatoms. The number of carbonyl (C=O) groups excluding carboxylic acids is 1. The molecule has 1 fully saturated rings. The predicted octanol–water partition coefficient (Wildman–Crippen LogP) is 1.82. The number of carbonyl (C=O) groups is 1. The van der Waals surface area contributed by atoms with E-state index in [1.54, 1.807) is 0 Å². The van der Waals surface area contributed by atoms with Crippen molar-refractivity contribution in [2.24, 2.45) is 4.99 Å². The molecule has 6 nitrogen and oxygen atoms in total. The molecule has 0 radical (unpaired) electrons. The van der Waals surface area contributed by atoms with Crippen molar-refractivity contribution in [3.05, 3.63) is 29.8 Å². The molecule has 0 bridgehead atoms. The first-order valence-corrected chi connectivity index (χ1v) is 11.1. The van der Waals surface area contributed by atoms with Crippen LogP contribution in [0.4, 0.5) is 5.69 Å². The van der Waals surface area contributed by atoms with Gasteiger partial charge in [-0.15, -0.1) is 0 Å². The largest absolute Gasteiger partial charge is 0.353 e. The molecular formula is C17H23N3O3S2. The van der Waals surface area contributed by atoms with Crippen molar-refractivity contribution in [2.75, 3.05) is 16.8 Å². The van der Waals surface area contributed by atoms with Crippen LogP contribution in [0, 0.1) is 0 Å². The third kappa shape index (κ3) is 4.76. The predicted molar refractivity (Wildman–Crippen MR) is 103 cm³/mol. The Morgan fingerprint density at radius 2 is 2.04 bits per heavy atom. The second-order valence-corrected chi connectivity index (χ2v) is 9.99. The van der Waals surface area contributed by atoms with Crippen LogP contribution < -0.4 is 10.6 Å². The van der Waals surface area contributed by atoms with E-state index in [4.69, 9.17) is 0 Å². The van der Waals surface area contributed by atoms with Crippen LogP contribution in [0.15, 0.2) is 29.3 Å². The van der Waals surface area contributed by atoms with E-state index in [0.717, 1.165) is 22.8 Å². The van der Waals surface area contributed by atoms with Crippen LogP contribution in [0.5, 0.6) is 0 Å². The minimum Gasteiger partial charge on any atom is -0.353 e. The summed E-state index contributed by atoms with van der Waals surface area (Å²) in [5.41, 5.74) is 1.84. The molecule has 0 spiro atoms. The van der Waals surface area contributed by atoms with Gasteiger partial charge in [0, 0.05) is 17.0 Å². The summed E-state index contributed by atoms with van der Waals surface area (Å²) >= 11 is 1.50. The van der Waals surface area contributed by atoms with Crippen molar-refractivity contribution >= 4 is 38.4 Å². The number of hydrogen-bond donors (Lipinski definition) is 2. The Morgan fingerprint density at radius 1 is 1.32 bits per heavy atom. The molecule has 136 valence electrons. The molecule has 1 aromatic carbocycles. The van der Waals surface area contributed by atoms with Crippen LogP contribution in [0.2, 0.25) is 0 Å². The Kier molecular flexibility index (Phi) is 5.38. The number of benzene rings is 1. The maximum atomic E-state index is 11.9. The molecule has 2 N–H and O–H groups in total. The fourth-order valence-electron chi connectivity index (χ4n) is 2.86. The second kappa shape index (κ2) is 7.37. The third-order valence-electron chi connectivity index (χ3n) is 4.41. The second-order valence-electron chi connectivity index (χ2n) is 6.61. The number of rotatable bonds is 5. The maximum Gasteiger partial charge on any atom is 0.224 e. The fourth-order valence-corrected chi connectivity index (χ4v) is 6.53. The average Bonchev–Trinajstić information content (AvgIpc) is 3.01. The lowest BCUT2D eigenvalue weighted by Gasteiger charge is -2.11. The quantitative estimate of drug-likeness (QED) is 0.812. The molecule has 1 aromatic rings. The first kappa shape index (κ1) is 18.3. The average molecular weight is 382 g/mol. The van der Waals surface area contributed by atoms with Crippen molar-refractivity contribution in [3.63, 3.8) is 0 Å². The number of fused-ring (bicyclic) bond motifs is 1. The van der Waals surface area contributed by atoms with Crippen LogP contribution in [0.25, 0.3) is 0 Å². The van der Waals surface area contributed by atoms with E-state index in [9.17, 15) is 13.2 Å². The molecule has 1 amide bonds. The topological polar surface area (TPSA) is 87.6 Å². The van der Waals surface area contributed by atoms with Gasteiger partial charge in [0.15, 0.2) is 15.0 Å². The van der Waals surface area contributed by atoms with Crippen molar-refractivity contribution in [1.82, 2.24) is 5.32 Å². The molecule has 2 heterocycles. The lowest BCUT2D eigenvalue weighted by atomic mass is 10.1. The number of sulfone groups is 1. The van der Waals surface area contributed by atoms with Gasteiger partial charge >= 0.3 is 0 Å². The smallest absolute Gasteiger partial charge is 0.224 e. The van der Waals surface area contributed by atoms with Crippen LogP contribution in [0.1, 0.15) is 25.8 Å². The van der Waals surface area contributed by atoms with Gasteiger partial charge in [0.05, 0.1) is 24.0 Å². The van der Waals surface area contributed by atoms with Gasteiger partial charge in [-0.25, -0.2) is 8.42 Å². The molecule has 3 rings (SSSR count). The van der Waals surface area contributed by atoms with E-state index in [1.807, 2.05) is 38.1 Å². The first-order valence-electron chi connectivity index (χ1n) is 8.45. The lowest BCUT2D eigenvalue weighted by Crippen LogP contribution is -2.33. The summed E-state index contributed by atoms with van der Waals surface area (Å²) in [5.74, 6) is 0.390. The Bertz CT molecular complexity index is 775. The minimum atomic E-state index is -2.92. The van der Waals surface area contributed by atoms with Crippen LogP contribution in [-0.2, 0) is 21.1 Å². The summed E-state index contributed by atoms with van der Waals surface area (Å²) in [6.45, 7) is 4.03. The summed E-state index contributed by atoms with van der Waals surface area (Å²) in [7, 11) is -2.92. The summed E-state index contributed by atoms with van der Waals surface area (Å²) < 4.78 is 23.2. The van der Waals surface area contributed by atoms with Crippen molar-refractivity contribution < 1.29 is 13.2 Å². The van der Waals surface area contributed by atoms with Gasteiger partial charge in [-0.1, -0.05) is 30.8 Å². The van der Waals surface area contributed by atoms with Gasteiger partial charge in [-0.05, 0) is 31.0 Å².